The number of quaternary nitrogens is 1. The number of unbranched alkanes of at least 4 members (excludes halogenated alkanes) is 5. The van der Waals surface area contributed by atoms with Crippen molar-refractivity contribution >= 4 is 17.6 Å². The van der Waals surface area contributed by atoms with E-state index < -0.39 is 0 Å². The van der Waals surface area contributed by atoms with Gasteiger partial charge in [-0.3, -0.25) is 4.79 Å². The second kappa shape index (κ2) is 18.8. The predicted octanol–water partition coefficient (Wildman–Crippen LogP) is 3.96. The number of ether oxygens (including phenoxy) is 2. The third-order valence-corrected chi connectivity index (χ3v) is 6.66. The minimum atomic E-state index is -0.352. The van der Waals surface area contributed by atoms with Crippen LogP contribution in [0.25, 0.3) is 0 Å². The number of para-hydroxylation sites is 1. The van der Waals surface area contributed by atoms with Gasteiger partial charge in [-0.2, -0.15) is 0 Å². The smallest absolute Gasteiger partial charge is 0.338 e. The number of hydrogen-bond acceptors (Lipinski definition) is 4. The van der Waals surface area contributed by atoms with Crippen LogP contribution in [0, 0.1) is 0 Å². The zero-order chi connectivity index (χ0) is 25.5. The third-order valence-electron chi connectivity index (χ3n) is 6.66. The Morgan fingerprint density at radius 2 is 1.46 bits per heavy atom. The number of nitrogens with one attached hydrogen (secondary N) is 1. The molecule has 0 unspecified atom stereocenters. The van der Waals surface area contributed by atoms with Gasteiger partial charge in [0.2, 0.25) is 0 Å². The summed E-state index contributed by atoms with van der Waals surface area (Å²) in [5.74, 6) is -0.00607. The SMILES string of the molecule is C.CCCCCCCCOc1ccccc1C(=O)Nc1ccc(C(=O)OCC[N+](C)(CC)CC)cc1.[Br-]. The molecular formula is C30H47BrN2O4. The van der Waals surface area contributed by atoms with E-state index in [2.05, 4.69) is 33.1 Å². The number of hydrogen-bond donors (Lipinski definition) is 1. The number of halogens is 1. The summed E-state index contributed by atoms with van der Waals surface area (Å²) in [6, 6.07) is 14.1. The van der Waals surface area contributed by atoms with Gasteiger partial charge in [0.1, 0.15) is 18.9 Å². The molecule has 2 rings (SSSR count). The van der Waals surface area contributed by atoms with Gasteiger partial charge in [0.15, 0.2) is 0 Å². The standard InChI is InChI=1S/C29H42N2O4.CH4.BrH/c1-5-8-9-10-11-14-22-34-27-16-13-12-15-26(27)28(32)30-25-19-17-24(18-20-25)29(33)35-23-21-31(4,6-2)7-3;;/h12-13,15-20H,5-11,14,21-23H2,1-4H3;1H4;1H. The van der Waals surface area contributed by atoms with Crippen molar-refractivity contribution in [2.45, 2.75) is 66.7 Å². The van der Waals surface area contributed by atoms with Gasteiger partial charge in [0, 0.05) is 5.69 Å². The van der Waals surface area contributed by atoms with Crippen molar-refractivity contribution in [3.8, 4) is 5.75 Å². The Morgan fingerprint density at radius 1 is 0.838 bits per heavy atom. The van der Waals surface area contributed by atoms with Crippen molar-refractivity contribution in [3.63, 3.8) is 0 Å². The summed E-state index contributed by atoms with van der Waals surface area (Å²) >= 11 is 0. The predicted molar refractivity (Wildman–Crippen MR) is 149 cm³/mol. The second-order valence-corrected chi connectivity index (χ2v) is 9.26. The molecule has 0 saturated carbocycles. The first-order valence-corrected chi connectivity index (χ1v) is 13.1. The van der Waals surface area contributed by atoms with Crippen molar-refractivity contribution in [1.82, 2.24) is 0 Å². The summed E-state index contributed by atoms with van der Waals surface area (Å²) in [6.07, 6.45) is 7.12. The minimum absolute atomic E-state index is 0. The van der Waals surface area contributed by atoms with E-state index in [1.165, 1.54) is 25.7 Å². The Hall–Kier alpha value is -2.38. The zero-order valence-electron chi connectivity index (χ0n) is 22.4. The molecule has 1 amide bonds. The fourth-order valence-corrected chi connectivity index (χ4v) is 3.71. The number of nitrogens with zero attached hydrogens (tertiary/aromatic N) is 1. The fourth-order valence-electron chi connectivity index (χ4n) is 3.71. The average Bonchev–Trinajstić information content (AvgIpc) is 2.88. The van der Waals surface area contributed by atoms with E-state index >= 15 is 0 Å². The number of benzene rings is 2. The monoisotopic (exact) mass is 578 g/mol. The van der Waals surface area contributed by atoms with Crippen molar-refractivity contribution in [1.29, 1.82) is 0 Å². The van der Waals surface area contributed by atoms with E-state index in [1.807, 2.05) is 18.2 Å². The van der Waals surface area contributed by atoms with Crippen LogP contribution in [0.2, 0.25) is 0 Å². The maximum atomic E-state index is 12.9. The maximum absolute atomic E-state index is 12.9. The molecule has 0 spiro atoms. The largest absolute Gasteiger partial charge is 1.00 e. The highest BCUT2D eigenvalue weighted by Gasteiger charge is 2.18. The molecule has 0 saturated heterocycles. The number of amides is 1. The first-order valence-electron chi connectivity index (χ1n) is 13.1. The van der Waals surface area contributed by atoms with Gasteiger partial charge in [-0.15, -0.1) is 0 Å². The first-order chi connectivity index (χ1) is 16.9. The molecule has 0 heterocycles. The van der Waals surface area contributed by atoms with Crippen LogP contribution in [-0.4, -0.2) is 56.3 Å². The summed E-state index contributed by atoms with van der Waals surface area (Å²) in [6.45, 7) is 10.2. The van der Waals surface area contributed by atoms with Crippen LogP contribution >= 0.6 is 0 Å². The van der Waals surface area contributed by atoms with Gasteiger partial charge >= 0.3 is 5.97 Å². The van der Waals surface area contributed by atoms with Gasteiger partial charge in [0.25, 0.3) is 5.91 Å². The summed E-state index contributed by atoms with van der Waals surface area (Å²) in [5, 5.41) is 2.89. The van der Waals surface area contributed by atoms with E-state index in [9.17, 15) is 9.59 Å². The molecule has 2 aromatic rings. The molecule has 6 nitrogen and oxygen atoms in total. The molecule has 0 fully saturated rings. The highest BCUT2D eigenvalue weighted by molar-refractivity contribution is 6.06. The highest BCUT2D eigenvalue weighted by Crippen LogP contribution is 2.21. The quantitative estimate of drug-likeness (QED) is 0.186. The average molecular weight is 580 g/mol. The van der Waals surface area contributed by atoms with Crippen LogP contribution in [0.4, 0.5) is 5.69 Å². The van der Waals surface area contributed by atoms with Gasteiger partial charge in [-0.1, -0.05) is 58.6 Å². The van der Waals surface area contributed by atoms with Crippen LogP contribution in [0.5, 0.6) is 5.75 Å². The molecule has 0 aromatic heterocycles. The Bertz CT molecular complexity index is 914. The molecule has 7 heteroatoms. The molecule has 0 aliphatic rings. The molecule has 0 aliphatic heterocycles. The number of esters is 1. The molecule has 0 aliphatic carbocycles. The Kier molecular flexibility index (Phi) is 17.6. The van der Waals surface area contributed by atoms with Crippen LogP contribution < -0.4 is 27.0 Å². The number of carbonyl (C=O) groups is 2. The van der Waals surface area contributed by atoms with Gasteiger partial charge in [-0.05, 0) is 56.7 Å². The van der Waals surface area contributed by atoms with Crippen molar-refractivity contribution in [3.05, 3.63) is 59.7 Å². The lowest BCUT2D eigenvalue weighted by molar-refractivity contribution is -0.906. The first kappa shape index (κ1) is 34.6. The van der Waals surface area contributed by atoms with Gasteiger partial charge < -0.3 is 36.3 Å². The Balaban J connectivity index is 0.00000648. The molecular weight excluding hydrogens is 532 g/mol. The molecule has 37 heavy (non-hydrogen) atoms. The van der Waals surface area contributed by atoms with Crippen molar-refractivity contribution in [2.24, 2.45) is 0 Å². The second-order valence-electron chi connectivity index (χ2n) is 9.26. The van der Waals surface area contributed by atoms with E-state index in [0.717, 1.165) is 37.0 Å². The summed E-state index contributed by atoms with van der Waals surface area (Å²) < 4.78 is 12.2. The summed E-state index contributed by atoms with van der Waals surface area (Å²) in [4.78, 5) is 25.2. The van der Waals surface area contributed by atoms with Crippen LogP contribution in [-0.2, 0) is 4.74 Å². The van der Waals surface area contributed by atoms with Crippen molar-refractivity contribution in [2.75, 3.05) is 45.2 Å². The fraction of sp³-hybridized carbons (Fsp3) is 0.533. The topological polar surface area (TPSA) is 64.6 Å². The minimum Gasteiger partial charge on any atom is -1.00 e. The lowest BCUT2D eigenvalue weighted by Gasteiger charge is -2.31. The van der Waals surface area contributed by atoms with Gasteiger partial charge in [-0.25, -0.2) is 4.79 Å². The normalized spacial score (nSPS) is 10.6. The van der Waals surface area contributed by atoms with Crippen LogP contribution in [0.15, 0.2) is 48.5 Å². The number of rotatable bonds is 16. The van der Waals surface area contributed by atoms with E-state index in [-0.39, 0.29) is 36.3 Å². The lowest BCUT2D eigenvalue weighted by Crippen LogP contribution is -3.00. The summed E-state index contributed by atoms with van der Waals surface area (Å²) in [7, 11) is 2.16. The molecule has 1 N–H and O–H groups in total. The van der Waals surface area contributed by atoms with Crippen LogP contribution in [0.1, 0.15) is 87.4 Å². The maximum Gasteiger partial charge on any atom is 0.338 e. The molecule has 0 atom stereocenters. The Labute approximate surface area is 235 Å². The highest BCUT2D eigenvalue weighted by atomic mass is 79.9. The van der Waals surface area contributed by atoms with E-state index in [4.69, 9.17) is 9.47 Å². The number of anilines is 1. The van der Waals surface area contributed by atoms with Crippen LogP contribution in [0.3, 0.4) is 0 Å². The molecule has 0 bridgehead atoms. The molecule has 0 radical (unpaired) electrons. The zero-order valence-corrected chi connectivity index (χ0v) is 23.9. The molecule has 208 valence electrons. The molecule has 2 aromatic carbocycles. The Morgan fingerprint density at radius 3 is 2.11 bits per heavy atom. The summed E-state index contributed by atoms with van der Waals surface area (Å²) in [5.41, 5.74) is 1.57. The van der Waals surface area contributed by atoms with E-state index in [1.54, 1.807) is 30.3 Å². The number of carbonyl (C=O) groups excluding carboxylic acids is 2. The third kappa shape index (κ3) is 12.1. The lowest BCUT2D eigenvalue weighted by atomic mass is 10.1. The van der Waals surface area contributed by atoms with Gasteiger partial charge in [0.05, 0.1) is 37.9 Å². The van der Waals surface area contributed by atoms with Crippen molar-refractivity contribution < 1.29 is 40.5 Å². The number of likely N-dealkylation sites (N-methyl/N-ethyl adjacent to an activating group) is 1. The van der Waals surface area contributed by atoms with E-state index in [0.29, 0.717) is 35.8 Å².